The number of allylic oxidation sites excluding steroid dienone is 4. The number of nitrogens with two attached hydrogens (primary N) is 1. The first-order valence-electron chi connectivity index (χ1n) is 20.7. The van der Waals surface area contributed by atoms with Crippen molar-refractivity contribution in [3.63, 3.8) is 0 Å². The number of nitrogens with zero attached hydrogens (tertiary/aromatic N) is 2. The van der Waals surface area contributed by atoms with E-state index in [0.29, 0.717) is 30.8 Å². The second-order valence-electron chi connectivity index (χ2n) is 16.9. The number of aliphatic hydroxyl groups is 1. The van der Waals surface area contributed by atoms with E-state index in [9.17, 15) is 23.1 Å². The van der Waals surface area contributed by atoms with Crippen LogP contribution in [0.4, 0.5) is 11.4 Å². The lowest BCUT2D eigenvalue weighted by Crippen LogP contribution is -2.51. The summed E-state index contributed by atoms with van der Waals surface area (Å²) in [5.74, 6) is 7.59. The smallest absolute Gasteiger partial charge is 0.255 e. The van der Waals surface area contributed by atoms with Crippen LogP contribution in [0.25, 0.3) is 0 Å². The van der Waals surface area contributed by atoms with Crippen molar-refractivity contribution in [2.24, 2.45) is 17.3 Å². The Morgan fingerprint density at radius 2 is 1.84 bits per heavy atom. The highest BCUT2D eigenvalue weighted by atomic mass is 32.2. The number of ether oxygens (including phenoxy) is 1. The van der Waals surface area contributed by atoms with E-state index in [1.807, 2.05) is 13.0 Å². The summed E-state index contributed by atoms with van der Waals surface area (Å²) >= 11 is 0. The van der Waals surface area contributed by atoms with Crippen LogP contribution in [0.1, 0.15) is 107 Å². The first-order chi connectivity index (χ1) is 27.1. The molecule has 1 amide bonds. The number of carbonyl (C=O) groups excluding carboxylic acids is 2. The minimum absolute atomic E-state index is 0.0306. The molecule has 1 saturated heterocycles. The summed E-state index contributed by atoms with van der Waals surface area (Å²) in [5, 5.41) is 14.6. The maximum Gasteiger partial charge on any atom is 0.255 e. The van der Waals surface area contributed by atoms with Gasteiger partial charge in [0.05, 0.1) is 29.0 Å². The largest absolute Gasteiger partial charge is 0.496 e. The van der Waals surface area contributed by atoms with Gasteiger partial charge in [0.2, 0.25) is 0 Å². The number of sulfone groups is 1. The Balaban J connectivity index is 0.000000200. The molecule has 11 heteroatoms. The van der Waals surface area contributed by atoms with Gasteiger partial charge in [0, 0.05) is 56.2 Å². The van der Waals surface area contributed by atoms with Crippen LogP contribution in [0.2, 0.25) is 0 Å². The van der Waals surface area contributed by atoms with Crippen LogP contribution < -0.4 is 20.7 Å². The Morgan fingerprint density at radius 3 is 2.49 bits per heavy atom. The van der Waals surface area contributed by atoms with Gasteiger partial charge < -0.3 is 25.8 Å². The average molecular weight is 799 g/mol. The quantitative estimate of drug-likeness (QED) is 0.187. The van der Waals surface area contributed by atoms with Crippen molar-refractivity contribution in [1.29, 1.82) is 0 Å². The number of methoxy groups -OCH3 is 1. The highest BCUT2D eigenvalue weighted by Crippen LogP contribution is 2.66. The molecule has 1 aliphatic heterocycles. The SMILES string of the molecule is CC#C[C@]1(O)CC[C@H]2[C@@H]3CCC4=CC(=O)CCC4=C3[C@@H](c3ccc(N(C)C)cc3)C[C@@]21C.CCN1CCCC1CNC(=O)c1cc(S(=O)(=O)CC)c(N)cc1OC. The van der Waals surface area contributed by atoms with Crippen molar-refractivity contribution >= 4 is 32.9 Å². The van der Waals surface area contributed by atoms with Crippen LogP contribution in [0, 0.1) is 29.1 Å². The van der Waals surface area contributed by atoms with Crippen molar-refractivity contribution in [2.45, 2.75) is 108 Å². The first kappa shape index (κ1) is 42.5. The predicted molar refractivity (Wildman–Crippen MR) is 227 cm³/mol. The molecular weight excluding hydrogens is 737 g/mol. The lowest BCUT2D eigenvalue weighted by molar-refractivity contribution is -0.114. The number of hydrogen-bond acceptors (Lipinski definition) is 9. The molecule has 4 aliphatic carbocycles. The van der Waals surface area contributed by atoms with E-state index >= 15 is 0 Å². The summed E-state index contributed by atoms with van der Waals surface area (Å²) < 4.78 is 29.6. The van der Waals surface area contributed by atoms with Crippen molar-refractivity contribution < 1.29 is 27.9 Å². The van der Waals surface area contributed by atoms with E-state index in [4.69, 9.17) is 10.5 Å². The van der Waals surface area contributed by atoms with E-state index < -0.39 is 15.4 Å². The molecule has 1 unspecified atom stereocenters. The van der Waals surface area contributed by atoms with Crippen molar-refractivity contribution in [3.05, 3.63) is 70.3 Å². The van der Waals surface area contributed by atoms with E-state index in [1.54, 1.807) is 5.57 Å². The minimum atomic E-state index is -3.52. The second kappa shape index (κ2) is 17.0. The van der Waals surface area contributed by atoms with E-state index in [1.165, 1.54) is 48.6 Å². The lowest BCUT2D eigenvalue weighted by Gasteiger charge is -2.53. The summed E-state index contributed by atoms with van der Waals surface area (Å²) in [4.78, 5) is 29.2. The fourth-order valence-corrected chi connectivity index (χ4v) is 11.6. The molecule has 308 valence electrons. The zero-order valence-corrected chi connectivity index (χ0v) is 35.7. The fourth-order valence-electron chi connectivity index (χ4n) is 10.6. The molecule has 0 spiro atoms. The molecular formula is C46H62N4O6S. The summed E-state index contributed by atoms with van der Waals surface area (Å²) in [6.45, 7) is 10.3. The molecule has 2 aromatic rings. The third kappa shape index (κ3) is 8.15. The van der Waals surface area contributed by atoms with Gasteiger partial charge in [-0.15, -0.1) is 5.92 Å². The maximum atomic E-state index is 12.6. The van der Waals surface area contributed by atoms with Crippen LogP contribution in [-0.2, 0) is 14.6 Å². The number of amides is 1. The number of likely N-dealkylation sites (N-methyl/N-ethyl adjacent to an activating group) is 1. The molecule has 7 rings (SSSR count). The second-order valence-corrected chi connectivity index (χ2v) is 19.1. The topological polar surface area (TPSA) is 142 Å². The highest BCUT2D eigenvalue weighted by molar-refractivity contribution is 7.91. The Labute approximate surface area is 340 Å². The predicted octanol–water partition coefficient (Wildman–Crippen LogP) is 6.69. The molecule has 10 nitrogen and oxygen atoms in total. The molecule has 57 heavy (non-hydrogen) atoms. The van der Waals surface area contributed by atoms with Gasteiger partial charge in [0.15, 0.2) is 15.6 Å². The van der Waals surface area contributed by atoms with Crippen LogP contribution >= 0.6 is 0 Å². The van der Waals surface area contributed by atoms with Gasteiger partial charge in [-0.25, -0.2) is 8.42 Å². The standard InChI is InChI=1S/C29H35NO2.C17H27N3O4S/c1-5-15-29(32)16-14-26-24-12-8-20-17-22(31)11-13-23(20)27(24)25(18-28(26,29)2)19-6-9-21(10-7-19)30(3)4;1-4-20-8-6-7-12(20)11-19-17(21)13-9-16(25(22,23)5-2)14(18)10-15(13)24-3/h6-7,9-10,17,24-26,32H,8,11-14,16,18H2,1-4H3;9-10,12H,4-8,11,18H2,1-3H3,(H,19,21)/t24-,25+,26-,28-,29-;/m0./s1. The molecule has 5 aliphatic rings. The third-order valence-corrected chi connectivity index (χ3v) is 15.5. The molecule has 6 atom stereocenters. The number of hydrogen-bond donors (Lipinski definition) is 3. The van der Waals surface area contributed by atoms with Gasteiger partial charge in [0.1, 0.15) is 11.4 Å². The average Bonchev–Trinajstić information content (AvgIpc) is 3.77. The summed E-state index contributed by atoms with van der Waals surface area (Å²) in [6, 6.07) is 12.0. The van der Waals surface area contributed by atoms with Crippen LogP contribution in [0.3, 0.4) is 0 Å². The highest BCUT2D eigenvalue weighted by Gasteiger charge is 2.62. The molecule has 3 fully saturated rings. The van der Waals surface area contributed by atoms with Crippen LogP contribution in [-0.4, -0.2) is 88.3 Å². The zero-order chi connectivity index (χ0) is 41.3. The minimum Gasteiger partial charge on any atom is -0.496 e. The summed E-state index contributed by atoms with van der Waals surface area (Å²) in [7, 11) is 2.05. The van der Waals surface area contributed by atoms with Gasteiger partial charge in [-0.2, -0.15) is 0 Å². The van der Waals surface area contributed by atoms with Crippen LogP contribution in [0.5, 0.6) is 5.75 Å². The van der Waals surface area contributed by atoms with Crippen LogP contribution in [0.15, 0.2) is 64.1 Å². The summed E-state index contributed by atoms with van der Waals surface area (Å²) in [5.41, 5.74) is 11.8. The Morgan fingerprint density at radius 1 is 1.11 bits per heavy atom. The van der Waals surface area contributed by atoms with E-state index in [0.717, 1.165) is 64.5 Å². The molecule has 0 radical (unpaired) electrons. The number of carbonyl (C=O) groups is 2. The van der Waals surface area contributed by atoms with Crippen molar-refractivity contribution in [1.82, 2.24) is 10.2 Å². The number of likely N-dealkylation sites (tertiary alicyclic amines) is 1. The van der Waals surface area contributed by atoms with E-state index in [2.05, 4.69) is 79.2 Å². The molecule has 2 aromatic carbocycles. The van der Waals surface area contributed by atoms with Gasteiger partial charge in [0.25, 0.3) is 5.91 Å². The van der Waals surface area contributed by atoms with Crippen molar-refractivity contribution in [3.8, 4) is 17.6 Å². The number of fused-ring (bicyclic) bond motifs is 4. The van der Waals surface area contributed by atoms with Gasteiger partial charge in [-0.05, 0) is 124 Å². The molecule has 4 N–H and O–H groups in total. The normalized spacial score (nSPS) is 28.1. The van der Waals surface area contributed by atoms with Crippen molar-refractivity contribution in [2.75, 3.05) is 57.2 Å². The lowest BCUT2D eigenvalue weighted by atomic mass is 9.51. The Hall–Kier alpha value is -4.11. The number of benzene rings is 2. The third-order valence-electron chi connectivity index (χ3n) is 13.7. The Bertz CT molecular complexity index is 2100. The number of nitrogens with one attached hydrogen (secondary N) is 1. The number of rotatable bonds is 9. The monoisotopic (exact) mass is 798 g/mol. The number of nitrogen functional groups attached to an aromatic ring is 1. The molecule has 0 aromatic heterocycles. The van der Waals surface area contributed by atoms with Gasteiger partial charge in [-0.1, -0.05) is 44.4 Å². The van der Waals surface area contributed by atoms with E-state index in [-0.39, 0.29) is 50.7 Å². The fraction of sp³-hybridized carbons (Fsp3) is 0.565. The number of ketones is 1. The molecule has 0 bridgehead atoms. The molecule has 2 saturated carbocycles. The van der Waals surface area contributed by atoms with Gasteiger partial charge >= 0.3 is 0 Å². The number of anilines is 2. The maximum absolute atomic E-state index is 12.6. The Kier molecular flexibility index (Phi) is 12.7. The van der Waals surface area contributed by atoms with Gasteiger partial charge in [-0.3, -0.25) is 14.5 Å². The zero-order valence-electron chi connectivity index (χ0n) is 34.9. The summed E-state index contributed by atoms with van der Waals surface area (Å²) in [6.07, 6.45) is 10.4. The first-order valence-corrected chi connectivity index (χ1v) is 22.4. The molecule has 1 heterocycles.